The molecule has 76 valence electrons. The Morgan fingerprint density at radius 3 is 2.62 bits per heavy atom. The molecular weight excluding hydrogens is 303 g/mol. The molecule has 13 heavy (non-hydrogen) atoms. The monoisotopic (exact) mass is 316 g/mol. The van der Waals surface area contributed by atoms with Gasteiger partial charge in [-0.05, 0) is 0 Å². The van der Waals surface area contributed by atoms with Crippen molar-refractivity contribution in [2.45, 2.75) is 13.8 Å². The van der Waals surface area contributed by atoms with E-state index in [1.807, 2.05) is 20.0 Å². The zero-order valence-corrected chi connectivity index (χ0v) is 12.8. The Hall–Kier alpha value is 1.63. The molecule has 1 aliphatic heterocycles. The molecule has 1 saturated heterocycles. The minimum atomic E-state index is -0.887. The van der Waals surface area contributed by atoms with Crippen LogP contribution in [0.15, 0.2) is 0 Å². The predicted octanol–water partition coefficient (Wildman–Crippen LogP) is 3.69. The quantitative estimate of drug-likeness (QED) is 0.736. The van der Waals surface area contributed by atoms with E-state index in [2.05, 4.69) is 13.8 Å². The van der Waals surface area contributed by atoms with Crippen molar-refractivity contribution in [3.8, 4) is 0 Å². The summed E-state index contributed by atoms with van der Waals surface area (Å²) in [6, 6.07) is 0. The van der Waals surface area contributed by atoms with E-state index in [0.717, 1.165) is 5.75 Å². The Kier molecular flexibility index (Phi) is 6.83. The van der Waals surface area contributed by atoms with Crippen LogP contribution in [0, 0.1) is 5.92 Å². The maximum atomic E-state index is 11.4. The van der Waals surface area contributed by atoms with E-state index in [-0.39, 0.29) is 0 Å². The van der Waals surface area contributed by atoms with Crippen molar-refractivity contribution in [2.24, 2.45) is 5.92 Å². The molecule has 0 aromatic heterocycles. The molecule has 0 spiro atoms. The van der Waals surface area contributed by atoms with Crippen LogP contribution < -0.4 is 0 Å². The summed E-state index contributed by atoms with van der Waals surface area (Å²) in [6.45, 7) is 4.31. The van der Waals surface area contributed by atoms with Crippen LogP contribution in [0.4, 0.5) is 4.79 Å². The van der Waals surface area contributed by atoms with Gasteiger partial charge in [0.15, 0.2) is 0 Å². The third-order valence-electron chi connectivity index (χ3n) is 1.16. The topological polar surface area (TPSA) is 17.1 Å². The number of thioether (sulfide) groups is 1. The molecule has 1 heterocycles. The van der Waals surface area contributed by atoms with Gasteiger partial charge in [-0.15, -0.1) is 0 Å². The normalized spacial score (nSPS) is 18.4. The van der Waals surface area contributed by atoms with Gasteiger partial charge in [0.25, 0.3) is 0 Å². The number of carbonyl (C=O) groups excluding carboxylic acids is 1. The van der Waals surface area contributed by atoms with E-state index in [1.54, 1.807) is 10.0 Å². The molecule has 0 aromatic rings. The molecule has 6 heteroatoms. The third-order valence-corrected chi connectivity index (χ3v) is 21.2. The Bertz CT molecular complexity index is 170. The Morgan fingerprint density at radius 2 is 2.08 bits per heavy atom. The van der Waals surface area contributed by atoms with Gasteiger partial charge in [0, 0.05) is 0 Å². The molecule has 0 radical (unpaired) electrons. The van der Waals surface area contributed by atoms with Crippen molar-refractivity contribution in [2.75, 3.05) is 17.3 Å². The molecule has 1 rings (SSSR count). The first-order chi connectivity index (χ1) is 6.18. The fourth-order valence-electron chi connectivity index (χ4n) is 0.635. The van der Waals surface area contributed by atoms with Gasteiger partial charge >= 0.3 is 99.3 Å². The fraction of sp³-hybridized carbons (Fsp3) is 0.857. The van der Waals surface area contributed by atoms with Crippen molar-refractivity contribution >= 4 is 57.5 Å². The second-order valence-electron chi connectivity index (χ2n) is 2.94. The summed E-state index contributed by atoms with van der Waals surface area (Å²) in [6.07, 6.45) is 0. The van der Waals surface area contributed by atoms with Crippen molar-refractivity contribution in [1.29, 1.82) is 0 Å². The molecule has 0 amide bonds. The van der Waals surface area contributed by atoms with Crippen molar-refractivity contribution in [3.63, 3.8) is 0 Å². The van der Waals surface area contributed by atoms with Crippen LogP contribution in [0.2, 0.25) is 0 Å². The van der Waals surface area contributed by atoms with Gasteiger partial charge in [-0.2, -0.15) is 0 Å². The van der Waals surface area contributed by atoms with Crippen LogP contribution in [-0.4, -0.2) is 32.9 Å². The van der Waals surface area contributed by atoms with Gasteiger partial charge < -0.3 is 0 Å². The molecule has 0 aromatic carbocycles. The summed E-state index contributed by atoms with van der Waals surface area (Å²) >= 11 is 0.619. The van der Waals surface area contributed by atoms with E-state index in [9.17, 15) is 4.79 Å². The van der Waals surface area contributed by atoms with Crippen LogP contribution in [0.5, 0.6) is 0 Å². The molecule has 0 aliphatic carbocycles. The van der Waals surface area contributed by atoms with Crippen LogP contribution in [0.25, 0.3) is 0 Å². The summed E-state index contributed by atoms with van der Waals surface area (Å²) < 4.78 is 0.357. The summed E-state index contributed by atoms with van der Waals surface area (Å²) in [7, 11) is 5.73. The minimum absolute atomic E-state index is 0.357. The summed E-state index contributed by atoms with van der Waals surface area (Å²) in [4.78, 5) is 11.4. The summed E-state index contributed by atoms with van der Waals surface area (Å²) in [5, 5.41) is 0. The molecule has 1 nitrogen and oxygen atoms in total. The van der Waals surface area contributed by atoms with Gasteiger partial charge in [-0.3, -0.25) is 0 Å². The molecule has 1 fully saturated rings. The summed E-state index contributed by atoms with van der Waals surface area (Å²) in [5.41, 5.74) is 0. The van der Waals surface area contributed by atoms with Crippen molar-refractivity contribution < 1.29 is 4.79 Å². The first kappa shape index (κ1) is 12.7. The molecular formula is C7H13AsOS4. The Balaban J connectivity index is 2.09. The molecule has 0 bridgehead atoms. The van der Waals surface area contributed by atoms with Gasteiger partial charge in [0.1, 0.15) is 0 Å². The van der Waals surface area contributed by atoms with E-state index in [4.69, 9.17) is 0 Å². The van der Waals surface area contributed by atoms with E-state index in [0.29, 0.717) is 10.4 Å². The molecule has 0 N–H and O–H groups in total. The van der Waals surface area contributed by atoms with E-state index in [1.165, 1.54) is 23.3 Å². The second-order valence-corrected chi connectivity index (χ2v) is 20.7. The predicted molar refractivity (Wildman–Crippen MR) is 71.0 cm³/mol. The third kappa shape index (κ3) is 5.93. The number of hydrogen-bond donors (Lipinski definition) is 0. The standard InChI is InChI=1S/C7H13AsOS4/c1-6(2)5-10-7(9)13-8-11-3-4-12-8/h6H,3-5H2,1-2H3. The first-order valence-electron chi connectivity index (χ1n) is 4.09. The van der Waals surface area contributed by atoms with Crippen molar-refractivity contribution in [3.05, 3.63) is 0 Å². The second kappa shape index (κ2) is 6.99. The van der Waals surface area contributed by atoms with Crippen LogP contribution in [0.1, 0.15) is 13.8 Å². The zero-order chi connectivity index (χ0) is 9.68. The Morgan fingerprint density at radius 1 is 1.46 bits per heavy atom. The molecule has 0 saturated carbocycles. The van der Waals surface area contributed by atoms with Crippen LogP contribution in [0.3, 0.4) is 0 Å². The average molecular weight is 316 g/mol. The number of rotatable bonds is 3. The van der Waals surface area contributed by atoms with Gasteiger partial charge in [-0.25, -0.2) is 0 Å². The van der Waals surface area contributed by atoms with Crippen LogP contribution in [-0.2, 0) is 0 Å². The van der Waals surface area contributed by atoms with Gasteiger partial charge in [-0.1, -0.05) is 0 Å². The molecule has 0 atom stereocenters. The first-order valence-corrected chi connectivity index (χ1v) is 14.6. The van der Waals surface area contributed by atoms with Gasteiger partial charge in [0.05, 0.1) is 0 Å². The zero-order valence-electron chi connectivity index (χ0n) is 7.69. The van der Waals surface area contributed by atoms with E-state index >= 15 is 0 Å². The molecule has 1 aliphatic rings. The van der Waals surface area contributed by atoms with Gasteiger partial charge in [0.2, 0.25) is 0 Å². The van der Waals surface area contributed by atoms with Crippen LogP contribution >= 0.6 is 41.8 Å². The number of carbonyl (C=O) groups is 1. The summed E-state index contributed by atoms with van der Waals surface area (Å²) in [5.74, 6) is 4.13. The van der Waals surface area contributed by atoms with Crippen molar-refractivity contribution in [1.82, 2.24) is 0 Å². The average Bonchev–Trinajstić information content (AvgIpc) is 2.53. The number of hydrogen-bond acceptors (Lipinski definition) is 5. The SMILES string of the molecule is CC(C)CSC(=O)S[As]1SCCS1. The fourth-order valence-corrected chi connectivity index (χ4v) is 22.5. The van der Waals surface area contributed by atoms with E-state index < -0.39 is 11.2 Å². The maximum absolute atomic E-state index is 11.4. The Labute approximate surface area is 98.5 Å². The molecule has 0 unspecified atom stereocenters.